The third-order valence-corrected chi connectivity index (χ3v) is 4.95. The Balaban J connectivity index is 1.73. The Hall–Kier alpha value is -1.74. The maximum Gasteiger partial charge on any atom is 0.238 e. The van der Waals surface area contributed by atoms with E-state index in [4.69, 9.17) is 4.52 Å². The van der Waals surface area contributed by atoms with Crippen LogP contribution in [0.25, 0.3) is 11.6 Å². The van der Waals surface area contributed by atoms with Crippen molar-refractivity contribution in [2.24, 2.45) is 7.05 Å². The van der Waals surface area contributed by atoms with Gasteiger partial charge in [-0.1, -0.05) is 5.16 Å². The molecule has 0 aliphatic carbocycles. The summed E-state index contributed by atoms with van der Waals surface area (Å²) in [4.78, 5) is 8.40. The summed E-state index contributed by atoms with van der Waals surface area (Å²) in [7, 11) is -1.12. The van der Waals surface area contributed by atoms with Crippen molar-refractivity contribution in [2.75, 3.05) is 18.1 Å². The average Bonchev–Trinajstić information content (AvgIpc) is 2.96. The van der Waals surface area contributed by atoms with Crippen molar-refractivity contribution in [3.63, 3.8) is 0 Å². The average molecular weight is 297 g/mol. The van der Waals surface area contributed by atoms with Crippen LogP contribution < -0.4 is 5.32 Å². The molecule has 1 saturated heterocycles. The van der Waals surface area contributed by atoms with Crippen molar-refractivity contribution in [1.29, 1.82) is 0 Å². The fourth-order valence-corrected chi connectivity index (χ4v) is 3.66. The first-order chi connectivity index (χ1) is 9.53. The van der Waals surface area contributed by atoms with Crippen LogP contribution in [0, 0.1) is 0 Å². The number of hydrogen-bond donors (Lipinski definition) is 1. The molecule has 9 heteroatoms. The van der Waals surface area contributed by atoms with Crippen LogP contribution >= 0.6 is 0 Å². The molecule has 1 aliphatic heterocycles. The van der Waals surface area contributed by atoms with E-state index in [1.807, 2.05) is 7.05 Å². The summed E-state index contributed by atoms with van der Waals surface area (Å²) in [6.07, 6.45) is 3.85. The summed E-state index contributed by atoms with van der Waals surface area (Å²) in [6, 6.07) is -0.177. The van der Waals surface area contributed by atoms with Crippen molar-refractivity contribution in [1.82, 2.24) is 25.0 Å². The van der Waals surface area contributed by atoms with Gasteiger partial charge in [-0.15, -0.1) is 0 Å². The molecule has 1 aliphatic rings. The predicted octanol–water partition coefficient (Wildman–Crippen LogP) is -0.601. The molecule has 0 aromatic carbocycles. The lowest BCUT2D eigenvalue weighted by molar-refractivity contribution is 0.361. The van der Waals surface area contributed by atoms with E-state index in [1.54, 1.807) is 17.0 Å². The second kappa shape index (κ2) is 4.98. The Labute approximate surface area is 116 Å². The molecule has 108 valence electrons. The van der Waals surface area contributed by atoms with Crippen molar-refractivity contribution in [3.8, 4) is 11.6 Å². The minimum atomic E-state index is -2.96. The van der Waals surface area contributed by atoms with Crippen LogP contribution in [0.4, 0.5) is 0 Å². The van der Waals surface area contributed by atoms with Crippen LogP contribution in [0.2, 0.25) is 0 Å². The van der Waals surface area contributed by atoms with E-state index >= 15 is 0 Å². The van der Waals surface area contributed by atoms with Gasteiger partial charge in [0.15, 0.2) is 15.7 Å². The Morgan fingerprint density at radius 2 is 2.40 bits per heavy atom. The lowest BCUT2D eigenvalue weighted by Crippen LogP contribution is -2.46. The molecule has 0 radical (unpaired) electrons. The van der Waals surface area contributed by atoms with Crippen LogP contribution in [0.3, 0.4) is 0 Å². The van der Waals surface area contributed by atoms with Gasteiger partial charge >= 0.3 is 0 Å². The molecule has 2 aromatic rings. The number of sulfone groups is 1. The van der Waals surface area contributed by atoms with Crippen molar-refractivity contribution in [2.45, 2.75) is 12.5 Å². The van der Waals surface area contributed by atoms with Gasteiger partial charge in [0, 0.05) is 38.4 Å². The number of aromatic nitrogens is 4. The number of hydrogen-bond acceptors (Lipinski definition) is 7. The molecule has 1 N–H and O–H groups in total. The van der Waals surface area contributed by atoms with Gasteiger partial charge < -0.3 is 14.4 Å². The van der Waals surface area contributed by atoms with E-state index in [-0.39, 0.29) is 17.5 Å². The topological polar surface area (TPSA) is 103 Å². The molecular weight excluding hydrogens is 282 g/mol. The van der Waals surface area contributed by atoms with E-state index < -0.39 is 9.84 Å². The highest BCUT2D eigenvalue weighted by atomic mass is 32.2. The van der Waals surface area contributed by atoms with E-state index in [9.17, 15) is 8.42 Å². The van der Waals surface area contributed by atoms with Gasteiger partial charge in [0.25, 0.3) is 0 Å². The van der Waals surface area contributed by atoms with Crippen molar-refractivity contribution < 1.29 is 12.9 Å². The summed E-state index contributed by atoms with van der Waals surface area (Å²) in [5, 5.41) is 7.03. The molecule has 20 heavy (non-hydrogen) atoms. The van der Waals surface area contributed by atoms with E-state index in [2.05, 4.69) is 20.4 Å². The molecule has 1 fully saturated rings. The highest BCUT2D eigenvalue weighted by molar-refractivity contribution is 7.91. The molecule has 1 unspecified atom stereocenters. The lowest BCUT2D eigenvalue weighted by Gasteiger charge is -2.21. The Morgan fingerprint density at radius 1 is 1.55 bits per heavy atom. The van der Waals surface area contributed by atoms with E-state index in [0.717, 1.165) is 0 Å². The highest BCUT2D eigenvalue weighted by Crippen LogP contribution is 2.14. The van der Waals surface area contributed by atoms with E-state index in [0.29, 0.717) is 30.5 Å². The Bertz CT molecular complexity index is 705. The first-order valence-corrected chi connectivity index (χ1v) is 8.10. The number of aryl methyl sites for hydroxylation is 1. The minimum Gasteiger partial charge on any atom is -0.339 e. The number of nitrogens with zero attached hydrogens (tertiary/aromatic N) is 4. The summed E-state index contributed by atoms with van der Waals surface area (Å²) in [6.45, 7) is 0.466. The molecule has 0 spiro atoms. The maximum atomic E-state index is 11.6. The summed E-state index contributed by atoms with van der Waals surface area (Å²) < 4.78 is 30.1. The van der Waals surface area contributed by atoms with Crippen molar-refractivity contribution >= 4 is 9.84 Å². The number of nitrogens with one attached hydrogen (secondary N) is 1. The van der Waals surface area contributed by atoms with Gasteiger partial charge in [-0.3, -0.25) is 0 Å². The van der Waals surface area contributed by atoms with Gasteiger partial charge in [0.1, 0.15) is 0 Å². The Morgan fingerprint density at radius 3 is 3.10 bits per heavy atom. The van der Waals surface area contributed by atoms with Gasteiger partial charge in [0.2, 0.25) is 11.7 Å². The zero-order valence-electron chi connectivity index (χ0n) is 11.0. The normalized spacial score (nSPS) is 21.9. The molecule has 0 amide bonds. The molecular formula is C11H15N5O3S. The second-order valence-electron chi connectivity index (χ2n) is 4.84. The molecule has 1 atom stereocenters. The van der Waals surface area contributed by atoms with Crippen LogP contribution in [0.5, 0.6) is 0 Å². The van der Waals surface area contributed by atoms with E-state index in [1.165, 1.54) is 0 Å². The largest absolute Gasteiger partial charge is 0.339 e. The first-order valence-electron chi connectivity index (χ1n) is 6.27. The van der Waals surface area contributed by atoms with Crippen molar-refractivity contribution in [3.05, 3.63) is 18.3 Å². The highest BCUT2D eigenvalue weighted by Gasteiger charge is 2.26. The zero-order chi connectivity index (χ0) is 14.2. The molecule has 8 nitrogen and oxygen atoms in total. The van der Waals surface area contributed by atoms with Gasteiger partial charge in [-0.2, -0.15) is 4.98 Å². The van der Waals surface area contributed by atoms with Crippen LogP contribution in [-0.4, -0.2) is 52.2 Å². The summed E-state index contributed by atoms with van der Waals surface area (Å²) >= 11 is 0. The molecule has 3 heterocycles. The first kappa shape index (κ1) is 13.3. The van der Waals surface area contributed by atoms with Gasteiger partial charge in [-0.05, 0) is 0 Å². The van der Waals surface area contributed by atoms with Crippen LogP contribution in [0.1, 0.15) is 5.89 Å². The monoisotopic (exact) mass is 297 g/mol. The standard InChI is InChI=1S/C11H15N5O3S/c1-16-4-2-13-11(16)10-14-9(19-15-10)6-8-7-20(17,18)5-3-12-8/h2,4,8,12H,3,5-7H2,1H3. The second-order valence-corrected chi connectivity index (χ2v) is 7.07. The number of imidazole rings is 1. The fraction of sp³-hybridized carbons (Fsp3) is 0.545. The molecule has 3 rings (SSSR count). The van der Waals surface area contributed by atoms with Crippen LogP contribution in [-0.2, 0) is 23.3 Å². The third-order valence-electron chi connectivity index (χ3n) is 3.21. The molecule has 2 aromatic heterocycles. The van der Waals surface area contributed by atoms with Gasteiger partial charge in [0.05, 0.1) is 11.5 Å². The lowest BCUT2D eigenvalue weighted by atomic mass is 10.2. The zero-order valence-corrected chi connectivity index (χ0v) is 11.8. The minimum absolute atomic E-state index is 0.104. The molecule has 0 saturated carbocycles. The van der Waals surface area contributed by atoms with Crippen LogP contribution in [0.15, 0.2) is 16.9 Å². The predicted molar refractivity (Wildman–Crippen MR) is 70.6 cm³/mol. The maximum absolute atomic E-state index is 11.6. The smallest absolute Gasteiger partial charge is 0.238 e. The Kier molecular flexibility index (Phi) is 3.30. The third kappa shape index (κ3) is 2.73. The fourth-order valence-electron chi connectivity index (χ4n) is 2.22. The summed E-state index contributed by atoms with van der Waals surface area (Å²) in [5.41, 5.74) is 0. The summed E-state index contributed by atoms with van der Waals surface area (Å²) in [5.74, 6) is 1.73. The molecule has 0 bridgehead atoms. The number of rotatable bonds is 3. The quantitative estimate of drug-likeness (QED) is 0.806. The van der Waals surface area contributed by atoms with Gasteiger partial charge in [-0.25, -0.2) is 13.4 Å². The SMILES string of the molecule is Cn1ccnc1-c1noc(CC2CS(=O)(=O)CCN2)n1.